The lowest BCUT2D eigenvalue weighted by Gasteiger charge is -2.21. The topological polar surface area (TPSA) is 131 Å². The third-order valence-corrected chi connectivity index (χ3v) is 3.60. The van der Waals surface area contributed by atoms with Crippen LogP contribution < -0.4 is 11.1 Å². The van der Waals surface area contributed by atoms with Crippen LogP contribution in [0.2, 0.25) is 0 Å². The number of carbonyl (C=O) groups excluding carboxylic acids is 1. The van der Waals surface area contributed by atoms with Crippen LogP contribution in [0, 0.1) is 0 Å². The van der Waals surface area contributed by atoms with Crippen LogP contribution in [0.1, 0.15) is 19.4 Å². The summed E-state index contributed by atoms with van der Waals surface area (Å²) in [5, 5.41) is 21.0. The second-order valence-corrected chi connectivity index (χ2v) is 6.18. The van der Waals surface area contributed by atoms with Gasteiger partial charge in [-0.2, -0.15) is 0 Å². The number of nitrogens with two attached hydrogens (primary N) is 1. The first-order chi connectivity index (χ1) is 12.3. The molecule has 0 heterocycles. The van der Waals surface area contributed by atoms with E-state index in [4.69, 9.17) is 15.2 Å². The van der Waals surface area contributed by atoms with Gasteiger partial charge in [0.2, 0.25) is 5.91 Å². The summed E-state index contributed by atoms with van der Waals surface area (Å²) in [6, 6.07) is 7.79. The molecule has 0 aliphatic heterocycles. The summed E-state index contributed by atoms with van der Waals surface area (Å²) in [5.41, 5.74) is 6.38. The van der Waals surface area contributed by atoms with Crippen LogP contribution in [-0.2, 0) is 25.5 Å². The zero-order chi connectivity index (χ0) is 19.5. The van der Waals surface area contributed by atoms with Gasteiger partial charge in [0.25, 0.3) is 0 Å². The normalized spacial score (nSPS) is 15.7. The number of ether oxygens (including phenoxy) is 2. The average Bonchev–Trinajstić information content (AvgIpc) is 2.61. The first kappa shape index (κ1) is 22.0. The molecule has 0 radical (unpaired) electrons. The fourth-order valence-electron chi connectivity index (χ4n) is 2.11. The Labute approximate surface area is 153 Å². The van der Waals surface area contributed by atoms with E-state index in [-0.39, 0.29) is 32.3 Å². The quantitative estimate of drug-likeness (QED) is 0.406. The molecule has 1 aromatic rings. The van der Waals surface area contributed by atoms with Crippen LogP contribution in [0.4, 0.5) is 0 Å². The number of aliphatic hydroxyl groups is 1. The fraction of sp³-hybridized carbons (Fsp3) is 0.556. The molecule has 0 fully saturated rings. The van der Waals surface area contributed by atoms with E-state index >= 15 is 0 Å². The first-order valence-corrected chi connectivity index (χ1v) is 8.50. The summed E-state index contributed by atoms with van der Waals surface area (Å²) in [6.07, 6.45) is -1.32. The van der Waals surface area contributed by atoms with E-state index in [1.54, 1.807) is 31.2 Å². The van der Waals surface area contributed by atoms with E-state index < -0.39 is 30.1 Å². The van der Waals surface area contributed by atoms with Crippen molar-refractivity contribution in [2.45, 2.75) is 44.6 Å². The molecule has 1 amide bonds. The van der Waals surface area contributed by atoms with Gasteiger partial charge < -0.3 is 30.7 Å². The zero-order valence-corrected chi connectivity index (χ0v) is 15.1. The largest absolute Gasteiger partial charge is 0.480 e. The second-order valence-electron chi connectivity index (χ2n) is 6.18. The predicted octanol–water partition coefficient (Wildman–Crippen LogP) is -0.0717. The number of carboxylic acid groups (broad SMARTS) is 1. The Bertz CT molecular complexity index is 552. The van der Waals surface area contributed by atoms with Gasteiger partial charge in [-0.1, -0.05) is 30.3 Å². The van der Waals surface area contributed by atoms with Gasteiger partial charge in [0.1, 0.15) is 18.2 Å². The van der Waals surface area contributed by atoms with Gasteiger partial charge in [0.15, 0.2) is 0 Å². The van der Waals surface area contributed by atoms with Crippen molar-refractivity contribution in [1.82, 2.24) is 5.32 Å². The SMILES string of the molecule is C[C@H](N)COC(CO)CO[C@@H](C)C(=O)NC(Cc1ccccc1)C(=O)O. The summed E-state index contributed by atoms with van der Waals surface area (Å²) in [5.74, 6) is -1.67. The van der Waals surface area contributed by atoms with E-state index in [1.807, 2.05) is 6.07 Å². The lowest BCUT2D eigenvalue weighted by molar-refractivity contribution is -0.145. The number of hydrogen-bond acceptors (Lipinski definition) is 6. The number of nitrogens with one attached hydrogen (secondary N) is 1. The first-order valence-electron chi connectivity index (χ1n) is 8.50. The number of aliphatic hydroxyl groups excluding tert-OH is 1. The van der Waals surface area contributed by atoms with Gasteiger partial charge in [-0.25, -0.2) is 4.79 Å². The highest BCUT2D eigenvalue weighted by atomic mass is 16.5. The van der Waals surface area contributed by atoms with E-state index in [2.05, 4.69) is 5.32 Å². The van der Waals surface area contributed by atoms with Crippen molar-refractivity contribution < 1.29 is 29.3 Å². The van der Waals surface area contributed by atoms with Crippen molar-refractivity contribution in [2.24, 2.45) is 5.73 Å². The third kappa shape index (κ3) is 8.39. The van der Waals surface area contributed by atoms with Crippen LogP contribution in [0.3, 0.4) is 0 Å². The van der Waals surface area contributed by atoms with E-state index in [9.17, 15) is 19.8 Å². The van der Waals surface area contributed by atoms with Crippen LogP contribution in [-0.4, -0.2) is 66.2 Å². The Kier molecular flexibility index (Phi) is 9.82. The van der Waals surface area contributed by atoms with E-state index in [0.717, 1.165) is 5.56 Å². The molecule has 4 atom stereocenters. The summed E-state index contributed by atoms with van der Waals surface area (Å²) in [4.78, 5) is 23.6. The number of aliphatic carboxylic acids is 1. The molecule has 0 saturated heterocycles. The van der Waals surface area contributed by atoms with Gasteiger partial charge in [-0.05, 0) is 19.4 Å². The highest BCUT2D eigenvalue weighted by Crippen LogP contribution is 2.05. The monoisotopic (exact) mass is 368 g/mol. The molecule has 5 N–H and O–H groups in total. The minimum Gasteiger partial charge on any atom is -0.480 e. The number of carboxylic acids is 1. The van der Waals surface area contributed by atoms with Crippen molar-refractivity contribution in [3.63, 3.8) is 0 Å². The minimum absolute atomic E-state index is 0.00572. The Hall–Kier alpha value is -2.00. The number of hydrogen-bond donors (Lipinski definition) is 4. The fourth-order valence-corrected chi connectivity index (χ4v) is 2.11. The lowest BCUT2D eigenvalue weighted by atomic mass is 10.1. The second kappa shape index (κ2) is 11.6. The predicted molar refractivity (Wildman–Crippen MR) is 95.6 cm³/mol. The van der Waals surface area contributed by atoms with Crippen molar-refractivity contribution in [1.29, 1.82) is 0 Å². The number of carbonyl (C=O) groups is 2. The van der Waals surface area contributed by atoms with Gasteiger partial charge in [0.05, 0.1) is 19.8 Å². The summed E-state index contributed by atoms with van der Waals surface area (Å²) < 4.78 is 10.7. The standard InChI is InChI=1S/C18H28N2O6/c1-12(19)10-26-15(9-21)11-25-13(2)17(22)20-16(18(23)24)8-14-6-4-3-5-7-14/h3-7,12-13,15-16,21H,8-11,19H2,1-2H3,(H,20,22)(H,23,24)/t12-,13-,15?,16?/m0/s1. The van der Waals surface area contributed by atoms with Crippen LogP contribution >= 0.6 is 0 Å². The van der Waals surface area contributed by atoms with E-state index in [0.29, 0.717) is 0 Å². The molecular formula is C18H28N2O6. The molecule has 26 heavy (non-hydrogen) atoms. The summed E-state index contributed by atoms with van der Waals surface area (Å²) in [6.45, 7) is 3.26. The van der Waals surface area contributed by atoms with Gasteiger partial charge in [-0.3, -0.25) is 4.79 Å². The van der Waals surface area contributed by atoms with Crippen LogP contribution in [0.5, 0.6) is 0 Å². The molecule has 0 spiro atoms. The van der Waals surface area contributed by atoms with Crippen LogP contribution in [0.15, 0.2) is 30.3 Å². The van der Waals surface area contributed by atoms with Crippen molar-refractivity contribution >= 4 is 11.9 Å². The smallest absolute Gasteiger partial charge is 0.326 e. The summed E-state index contributed by atoms with van der Waals surface area (Å²) >= 11 is 0. The highest BCUT2D eigenvalue weighted by Gasteiger charge is 2.24. The Morgan fingerprint density at radius 3 is 2.35 bits per heavy atom. The molecule has 1 aromatic carbocycles. The van der Waals surface area contributed by atoms with Gasteiger partial charge in [-0.15, -0.1) is 0 Å². The molecule has 8 heteroatoms. The highest BCUT2D eigenvalue weighted by molar-refractivity contribution is 5.86. The molecule has 0 bridgehead atoms. The maximum Gasteiger partial charge on any atom is 0.326 e. The number of rotatable bonds is 12. The molecule has 0 aromatic heterocycles. The Morgan fingerprint density at radius 1 is 1.15 bits per heavy atom. The zero-order valence-electron chi connectivity index (χ0n) is 15.1. The van der Waals surface area contributed by atoms with E-state index in [1.165, 1.54) is 6.92 Å². The number of benzene rings is 1. The van der Waals surface area contributed by atoms with Crippen molar-refractivity contribution in [3.8, 4) is 0 Å². The van der Waals surface area contributed by atoms with Crippen molar-refractivity contribution in [2.75, 3.05) is 19.8 Å². The Morgan fingerprint density at radius 2 is 1.81 bits per heavy atom. The van der Waals surface area contributed by atoms with Crippen molar-refractivity contribution in [3.05, 3.63) is 35.9 Å². The Balaban J connectivity index is 2.50. The molecule has 0 aliphatic carbocycles. The molecule has 0 saturated carbocycles. The maximum atomic E-state index is 12.2. The maximum absolute atomic E-state index is 12.2. The molecule has 1 rings (SSSR count). The molecular weight excluding hydrogens is 340 g/mol. The number of amides is 1. The lowest BCUT2D eigenvalue weighted by Crippen LogP contribution is -2.47. The summed E-state index contributed by atoms with van der Waals surface area (Å²) in [7, 11) is 0. The molecule has 8 nitrogen and oxygen atoms in total. The van der Waals surface area contributed by atoms with Gasteiger partial charge >= 0.3 is 5.97 Å². The average molecular weight is 368 g/mol. The molecule has 0 aliphatic rings. The minimum atomic E-state index is -1.12. The molecule has 146 valence electrons. The third-order valence-electron chi connectivity index (χ3n) is 3.60. The van der Waals surface area contributed by atoms with Crippen LogP contribution in [0.25, 0.3) is 0 Å². The van der Waals surface area contributed by atoms with Gasteiger partial charge in [0, 0.05) is 12.5 Å². The molecule has 2 unspecified atom stereocenters.